The van der Waals surface area contributed by atoms with Crippen molar-refractivity contribution in [2.45, 2.75) is 33.1 Å². The number of nitrogens with two attached hydrogens (primary N) is 1. The fourth-order valence-corrected chi connectivity index (χ4v) is 1.81. The summed E-state index contributed by atoms with van der Waals surface area (Å²) in [6.07, 6.45) is 1.61. The standard InChI is InChI=1S/C14H19F2NO/c1-14(2,7-8-17)6-5-13(18)11-9-10(15)3-4-12(11)16/h3-4,9H,5-8,17H2,1-2H3. The highest BCUT2D eigenvalue weighted by Gasteiger charge is 2.20. The molecule has 0 aliphatic carbocycles. The Hall–Kier alpha value is -1.29. The number of halogens is 2. The van der Waals surface area contributed by atoms with Crippen molar-refractivity contribution < 1.29 is 13.6 Å². The predicted molar refractivity (Wildman–Crippen MR) is 67.4 cm³/mol. The van der Waals surface area contributed by atoms with Gasteiger partial charge >= 0.3 is 0 Å². The summed E-state index contributed by atoms with van der Waals surface area (Å²) in [5.74, 6) is -1.63. The molecule has 0 aliphatic heterocycles. The van der Waals surface area contributed by atoms with E-state index in [1.807, 2.05) is 13.8 Å². The molecule has 0 unspecified atom stereocenters. The van der Waals surface area contributed by atoms with Gasteiger partial charge in [0.05, 0.1) is 5.56 Å². The van der Waals surface area contributed by atoms with Gasteiger partial charge in [0.1, 0.15) is 11.6 Å². The topological polar surface area (TPSA) is 43.1 Å². The van der Waals surface area contributed by atoms with Crippen LogP contribution in [0.3, 0.4) is 0 Å². The van der Waals surface area contributed by atoms with E-state index in [1.54, 1.807) is 0 Å². The number of hydrogen-bond donors (Lipinski definition) is 1. The van der Waals surface area contributed by atoms with Gasteiger partial charge in [0.15, 0.2) is 5.78 Å². The first-order valence-corrected chi connectivity index (χ1v) is 6.04. The first-order valence-electron chi connectivity index (χ1n) is 6.04. The maximum absolute atomic E-state index is 13.4. The SMILES string of the molecule is CC(C)(CCN)CCC(=O)c1cc(F)ccc1F. The Labute approximate surface area is 106 Å². The Morgan fingerprint density at radius 2 is 1.94 bits per heavy atom. The van der Waals surface area contributed by atoms with E-state index in [0.717, 1.165) is 24.6 Å². The molecule has 4 heteroatoms. The van der Waals surface area contributed by atoms with Crippen molar-refractivity contribution in [3.8, 4) is 0 Å². The average molecular weight is 255 g/mol. The van der Waals surface area contributed by atoms with Crippen LogP contribution in [0.5, 0.6) is 0 Å². The second-order valence-electron chi connectivity index (χ2n) is 5.25. The van der Waals surface area contributed by atoms with Crippen LogP contribution in [0.1, 0.15) is 43.5 Å². The van der Waals surface area contributed by atoms with Gasteiger partial charge in [0.25, 0.3) is 0 Å². The van der Waals surface area contributed by atoms with E-state index in [9.17, 15) is 13.6 Å². The molecule has 1 aromatic carbocycles. The number of Topliss-reactive ketones (excluding diaryl/α,β-unsaturated/α-hetero) is 1. The Morgan fingerprint density at radius 3 is 2.56 bits per heavy atom. The van der Waals surface area contributed by atoms with Gasteiger partial charge in [-0.2, -0.15) is 0 Å². The van der Waals surface area contributed by atoms with Crippen molar-refractivity contribution in [3.05, 3.63) is 35.4 Å². The second-order valence-corrected chi connectivity index (χ2v) is 5.25. The number of benzene rings is 1. The third-order valence-electron chi connectivity index (χ3n) is 3.08. The lowest BCUT2D eigenvalue weighted by Gasteiger charge is -2.23. The fourth-order valence-electron chi connectivity index (χ4n) is 1.81. The molecule has 0 atom stereocenters. The molecule has 0 heterocycles. The van der Waals surface area contributed by atoms with E-state index in [1.165, 1.54) is 0 Å². The lowest BCUT2D eigenvalue weighted by atomic mass is 9.83. The minimum atomic E-state index is -0.668. The molecule has 0 amide bonds. The van der Waals surface area contributed by atoms with Crippen molar-refractivity contribution in [3.63, 3.8) is 0 Å². The Kier molecular flexibility index (Phi) is 4.96. The maximum atomic E-state index is 13.4. The summed E-state index contributed by atoms with van der Waals surface area (Å²) in [6, 6.07) is 2.94. The van der Waals surface area contributed by atoms with E-state index in [-0.39, 0.29) is 23.2 Å². The van der Waals surface area contributed by atoms with Crippen molar-refractivity contribution in [2.75, 3.05) is 6.54 Å². The molecule has 2 nitrogen and oxygen atoms in total. The molecule has 0 radical (unpaired) electrons. The number of carbonyl (C=O) groups is 1. The van der Waals surface area contributed by atoms with Crippen LogP contribution in [0.4, 0.5) is 8.78 Å². The first-order chi connectivity index (χ1) is 8.35. The highest BCUT2D eigenvalue weighted by atomic mass is 19.1. The largest absolute Gasteiger partial charge is 0.330 e. The molecule has 100 valence electrons. The Morgan fingerprint density at radius 1 is 1.28 bits per heavy atom. The zero-order valence-electron chi connectivity index (χ0n) is 10.8. The van der Waals surface area contributed by atoms with Crippen LogP contribution in [-0.4, -0.2) is 12.3 Å². The predicted octanol–water partition coefficient (Wildman–Crippen LogP) is 3.30. The van der Waals surface area contributed by atoms with Crippen LogP contribution in [0.25, 0.3) is 0 Å². The monoisotopic (exact) mass is 255 g/mol. The Bertz CT molecular complexity index is 430. The molecule has 1 aromatic rings. The van der Waals surface area contributed by atoms with Crippen molar-refractivity contribution in [1.82, 2.24) is 0 Å². The van der Waals surface area contributed by atoms with Crippen LogP contribution in [0.15, 0.2) is 18.2 Å². The maximum Gasteiger partial charge on any atom is 0.165 e. The van der Waals surface area contributed by atoms with Crippen molar-refractivity contribution in [1.29, 1.82) is 0 Å². The van der Waals surface area contributed by atoms with Crippen LogP contribution in [0.2, 0.25) is 0 Å². The van der Waals surface area contributed by atoms with E-state index < -0.39 is 11.6 Å². The number of rotatable bonds is 6. The van der Waals surface area contributed by atoms with Crippen LogP contribution < -0.4 is 5.73 Å². The number of hydrogen-bond acceptors (Lipinski definition) is 2. The van der Waals surface area contributed by atoms with Gasteiger partial charge in [0, 0.05) is 6.42 Å². The average Bonchev–Trinajstić information content (AvgIpc) is 2.29. The number of carbonyl (C=O) groups excluding carboxylic acids is 1. The quantitative estimate of drug-likeness (QED) is 0.792. The lowest BCUT2D eigenvalue weighted by Crippen LogP contribution is -2.18. The summed E-state index contributed by atoms with van der Waals surface area (Å²) in [5.41, 5.74) is 5.25. The van der Waals surface area contributed by atoms with Gasteiger partial charge in [-0.25, -0.2) is 8.78 Å². The molecule has 0 spiro atoms. The Balaban J connectivity index is 2.69. The van der Waals surface area contributed by atoms with E-state index in [4.69, 9.17) is 5.73 Å². The van der Waals surface area contributed by atoms with Crippen LogP contribution in [0, 0.1) is 17.0 Å². The summed E-state index contributed by atoms with van der Waals surface area (Å²) in [5, 5.41) is 0. The highest BCUT2D eigenvalue weighted by molar-refractivity contribution is 5.96. The van der Waals surface area contributed by atoms with Gasteiger partial charge < -0.3 is 5.73 Å². The minimum absolute atomic E-state index is 0.0613. The summed E-state index contributed by atoms with van der Waals surface area (Å²) in [7, 11) is 0. The van der Waals surface area contributed by atoms with Crippen LogP contribution >= 0.6 is 0 Å². The summed E-state index contributed by atoms with van der Waals surface area (Å²) >= 11 is 0. The third-order valence-corrected chi connectivity index (χ3v) is 3.08. The zero-order valence-corrected chi connectivity index (χ0v) is 10.8. The summed E-state index contributed by atoms with van der Waals surface area (Å²) in [6.45, 7) is 4.57. The van der Waals surface area contributed by atoms with Gasteiger partial charge in [0.2, 0.25) is 0 Å². The minimum Gasteiger partial charge on any atom is -0.330 e. The molecule has 18 heavy (non-hydrogen) atoms. The van der Waals surface area contributed by atoms with Gasteiger partial charge in [-0.05, 0) is 43.0 Å². The molecular weight excluding hydrogens is 236 g/mol. The first kappa shape index (κ1) is 14.8. The molecule has 0 aromatic heterocycles. The summed E-state index contributed by atoms with van der Waals surface area (Å²) in [4.78, 5) is 11.8. The summed E-state index contributed by atoms with van der Waals surface area (Å²) < 4.78 is 26.3. The van der Waals surface area contributed by atoms with Crippen molar-refractivity contribution in [2.24, 2.45) is 11.1 Å². The molecule has 1 rings (SSSR count). The molecule has 0 bridgehead atoms. The second kappa shape index (κ2) is 6.05. The van der Waals surface area contributed by atoms with Gasteiger partial charge in [-0.15, -0.1) is 0 Å². The smallest absolute Gasteiger partial charge is 0.165 e. The van der Waals surface area contributed by atoms with Crippen molar-refractivity contribution >= 4 is 5.78 Å². The molecule has 0 saturated heterocycles. The van der Waals surface area contributed by atoms with Gasteiger partial charge in [-0.1, -0.05) is 13.8 Å². The molecule has 0 saturated carbocycles. The van der Waals surface area contributed by atoms with E-state index in [2.05, 4.69) is 0 Å². The fraction of sp³-hybridized carbons (Fsp3) is 0.500. The van der Waals surface area contributed by atoms with Gasteiger partial charge in [-0.3, -0.25) is 4.79 Å². The third kappa shape index (κ3) is 4.18. The van der Waals surface area contributed by atoms with E-state index in [0.29, 0.717) is 13.0 Å². The molecular formula is C14H19F2NO. The molecule has 0 fully saturated rings. The molecule has 0 aliphatic rings. The van der Waals surface area contributed by atoms with E-state index >= 15 is 0 Å². The zero-order chi connectivity index (χ0) is 13.8. The highest BCUT2D eigenvalue weighted by Crippen LogP contribution is 2.27. The lowest BCUT2D eigenvalue weighted by molar-refractivity contribution is 0.0957. The van der Waals surface area contributed by atoms with Crippen LogP contribution in [-0.2, 0) is 0 Å². The molecule has 2 N–H and O–H groups in total. The number of ketones is 1. The normalized spacial score (nSPS) is 11.6.